The lowest BCUT2D eigenvalue weighted by Crippen LogP contribution is -2.42. The van der Waals surface area contributed by atoms with Gasteiger partial charge in [0, 0.05) is 63.2 Å². The summed E-state index contributed by atoms with van der Waals surface area (Å²) in [5, 5.41) is 17.3. The normalized spacial score (nSPS) is 23.4. The van der Waals surface area contributed by atoms with Crippen molar-refractivity contribution in [1.82, 2.24) is 44.4 Å². The summed E-state index contributed by atoms with van der Waals surface area (Å²) in [7, 11) is 0. The lowest BCUT2D eigenvalue weighted by Gasteiger charge is -2.37. The van der Waals surface area contributed by atoms with Crippen molar-refractivity contribution in [2.45, 2.75) is 102 Å². The SMILES string of the molecule is Cc1nn([C@@H]2CCC(=O)NC2=O)c2cccc(CCCOC3CCC(CN4CCC(n5cc(N6CCOC[C@H]6c6nn7cccnc7c6C(N)=O)c(C(F)F)n5)CC4)CC3)c12. The number of halogens is 2. The molecule has 1 saturated carbocycles. The van der Waals surface area contributed by atoms with E-state index in [1.165, 1.54) is 10.1 Å². The molecular weight excluding hydrogens is 789 g/mol. The molecule has 0 unspecified atom stereocenters. The minimum absolute atomic E-state index is 0.0101. The molecule has 3 amide bonds. The molecule has 9 rings (SSSR count). The van der Waals surface area contributed by atoms with Gasteiger partial charge in [-0.25, -0.2) is 18.3 Å². The molecule has 324 valence electrons. The number of imide groups is 1. The first-order valence-electron chi connectivity index (χ1n) is 21.6. The Morgan fingerprint density at radius 1 is 1.02 bits per heavy atom. The fourth-order valence-electron chi connectivity index (χ4n) is 10.00. The highest BCUT2D eigenvalue weighted by molar-refractivity contribution is 6.01. The van der Waals surface area contributed by atoms with E-state index in [9.17, 15) is 23.2 Å². The number of hydrogen-bond acceptors (Lipinski definition) is 11. The Morgan fingerprint density at radius 2 is 1.84 bits per heavy atom. The maximum Gasteiger partial charge on any atom is 0.284 e. The third-order valence-corrected chi connectivity index (χ3v) is 13.1. The van der Waals surface area contributed by atoms with E-state index in [1.54, 1.807) is 34.0 Å². The number of likely N-dealkylation sites (tertiary alicyclic amines) is 1. The molecule has 4 fully saturated rings. The van der Waals surface area contributed by atoms with Crippen LogP contribution in [-0.4, -0.2) is 109 Å². The van der Waals surface area contributed by atoms with E-state index in [0.29, 0.717) is 55.5 Å². The summed E-state index contributed by atoms with van der Waals surface area (Å²) in [5.74, 6) is -0.631. The molecule has 4 aliphatic rings. The number of primary amides is 1. The second-order valence-corrected chi connectivity index (χ2v) is 16.9. The van der Waals surface area contributed by atoms with Crippen LogP contribution in [0.25, 0.3) is 16.6 Å². The van der Waals surface area contributed by atoms with Gasteiger partial charge in [0.2, 0.25) is 5.91 Å². The summed E-state index contributed by atoms with van der Waals surface area (Å²) in [6.45, 7) is 6.21. The molecule has 4 aromatic heterocycles. The van der Waals surface area contributed by atoms with E-state index in [-0.39, 0.29) is 41.8 Å². The van der Waals surface area contributed by atoms with E-state index in [0.717, 1.165) is 87.6 Å². The quantitative estimate of drug-likeness (QED) is 0.120. The molecule has 1 aliphatic carbocycles. The topological polar surface area (TPSA) is 180 Å². The van der Waals surface area contributed by atoms with E-state index in [4.69, 9.17) is 20.3 Å². The van der Waals surface area contributed by atoms with Gasteiger partial charge >= 0.3 is 0 Å². The summed E-state index contributed by atoms with van der Waals surface area (Å²) < 4.78 is 46.4. The summed E-state index contributed by atoms with van der Waals surface area (Å²) in [4.78, 5) is 45.5. The van der Waals surface area contributed by atoms with Crippen molar-refractivity contribution >= 4 is 40.0 Å². The van der Waals surface area contributed by atoms with Crippen LogP contribution in [0.1, 0.15) is 115 Å². The fraction of sp³-hybridized carbons (Fsp3) is 0.558. The number of aromatic nitrogens is 7. The number of piperidine rings is 2. The Hall–Kier alpha value is -5.33. The average Bonchev–Trinajstić information content (AvgIpc) is 3.98. The van der Waals surface area contributed by atoms with Gasteiger partial charge < -0.3 is 25.0 Å². The van der Waals surface area contributed by atoms with Crippen molar-refractivity contribution in [3.8, 4) is 0 Å². The standard InChI is InChI=1S/C43H53F2N11O5/c1-26-36-28(5-2-7-31(36)56(49-26)32-12-13-35(57)48-43(32)59)6-3-21-61-30-10-8-27(9-11-30)23-52-18-14-29(15-19-52)55-24-33(39(51-55)40(44)45)53-20-22-60-25-34(53)38-37(41(46)58)42-47-16-4-17-54(42)50-38/h2,4-5,7,16-17,24,27,29-30,32,34,40H,3,6,8-15,18-23,25H2,1H3,(H2,46,58)(H,48,57,59)/t27?,30?,32-,34+/m1/s1. The van der Waals surface area contributed by atoms with Gasteiger partial charge in [0.1, 0.15) is 17.3 Å². The molecule has 61 heavy (non-hydrogen) atoms. The lowest BCUT2D eigenvalue weighted by atomic mass is 9.86. The van der Waals surface area contributed by atoms with Gasteiger partial charge in [0.25, 0.3) is 18.2 Å². The van der Waals surface area contributed by atoms with Crippen LogP contribution in [0.3, 0.4) is 0 Å². The van der Waals surface area contributed by atoms with Crippen molar-refractivity contribution < 1.29 is 32.6 Å². The molecule has 0 radical (unpaired) electrons. The second kappa shape index (κ2) is 17.6. The number of nitrogens with zero attached hydrogens (tertiary/aromatic N) is 9. The first kappa shape index (κ1) is 41.0. The molecule has 5 aromatic rings. The molecule has 2 atom stereocenters. The second-order valence-electron chi connectivity index (χ2n) is 16.9. The monoisotopic (exact) mass is 841 g/mol. The van der Waals surface area contributed by atoms with Crippen molar-refractivity contribution in [3.05, 3.63) is 71.1 Å². The van der Waals surface area contributed by atoms with Gasteiger partial charge in [-0.15, -0.1) is 0 Å². The van der Waals surface area contributed by atoms with Gasteiger partial charge in [-0.1, -0.05) is 12.1 Å². The average molecular weight is 842 g/mol. The number of carbonyl (C=O) groups is 3. The number of morpholine rings is 1. The van der Waals surface area contributed by atoms with Gasteiger partial charge in [-0.3, -0.25) is 29.1 Å². The van der Waals surface area contributed by atoms with Crippen LogP contribution in [0, 0.1) is 12.8 Å². The minimum Gasteiger partial charge on any atom is -0.378 e. The Labute approximate surface area is 351 Å². The van der Waals surface area contributed by atoms with Crippen LogP contribution in [0.2, 0.25) is 0 Å². The minimum atomic E-state index is -2.79. The van der Waals surface area contributed by atoms with Crippen molar-refractivity contribution in [1.29, 1.82) is 0 Å². The van der Waals surface area contributed by atoms with Crippen molar-refractivity contribution in [2.75, 3.05) is 50.9 Å². The smallest absolute Gasteiger partial charge is 0.284 e. The zero-order valence-electron chi connectivity index (χ0n) is 34.4. The Kier molecular flexibility index (Phi) is 11.8. The highest BCUT2D eigenvalue weighted by Crippen LogP contribution is 2.39. The molecule has 7 heterocycles. The van der Waals surface area contributed by atoms with Crippen LogP contribution in [0.15, 0.2) is 42.9 Å². The number of anilines is 1. The molecule has 1 aromatic carbocycles. The maximum atomic E-state index is 14.6. The number of aryl methyl sites for hydroxylation is 2. The van der Waals surface area contributed by atoms with E-state index >= 15 is 0 Å². The van der Waals surface area contributed by atoms with Crippen molar-refractivity contribution in [2.24, 2.45) is 11.7 Å². The first-order valence-corrected chi connectivity index (χ1v) is 21.6. The van der Waals surface area contributed by atoms with Gasteiger partial charge in [0.05, 0.1) is 48.3 Å². The molecule has 3 saturated heterocycles. The third-order valence-electron chi connectivity index (χ3n) is 13.1. The number of rotatable bonds is 13. The number of benzene rings is 1. The number of carbonyl (C=O) groups excluding carboxylic acids is 3. The molecule has 0 bridgehead atoms. The number of fused-ring (bicyclic) bond motifs is 2. The van der Waals surface area contributed by atoms with E-state index in [1.807, 2.05) is 24.0 Å². The Morgan fingerprint density at radius 3 is 2.61 bits per heavy atom. The number of nitrogens with two attached hydrogens (primary N) is 1. The molecule has 3 N–H and O–H groups in total. The van der Waals surface area contributed by atoms with Crippen molar-refractivity contribution in [3.63, 3.8) is 0 Å². The Balaban J connectivity index is 0.753. The zero-order chi connectivity index (χ0) is 42.2. The largest absolute Gasteiger partial charge is 0.378 e. The number of amides is 3. The number of hydrogen-bond donors (Lipinski definition) is 2. The number of ether oxygens (including phenoxy) is 2. The fourth-order valence-corrected chi connectivity index (χ4v) is 10.00. The highest BCUT2D eigenvalue weighted by atomic mass is 19.3. The summed E-state index contributed by atoms with van der Waals surface area (Å²) in [6, 6.07) is 6.69. The van der Waals surface area contributed by atoms with Crippen LogP contribution < -0.4 is 16.0 Å². The van der Waals surface area contributed by atoms with Crippen LogP contribution in [-0.2, 0) is 25.5 Å². The third kappa shape index (κ3) is 8.36. The van der Waals surface area contributed by atoms with Crippen LogP contribution in [0.5, 0.6) is 0 Å². The number of nitrogens with one attached hydrogen (secondary N) is 1. The summed E-state index contributed by atoms with van der Waals surface area (Å²) in [5.41, 5.74) is 9.61. The summed E-state index contributed by atoms with van der Waals surface area (Å²) in [6.07, 6.45) is 10.8. The van der Waals surface area contributed by atoms with Crippen LogP contribution in [0.4, 0.5) is 14.5 Å². The zero-order valence-corrected chi connectivity index (χ0v) is 34.4. The van der Waals surface area contributed by atoms with E-state index < -0.39 is 24.4 Å². The van der Waals surface area contributed by atoms with Gasteiger partial charge in [0.15, 0.2) is 11.3 Å². The van der Waals surface area contributed by atoms with Gasteiger partial charge in [-0.2, -0.15) is 15.3 Å². The maximum absolute atomic E-state index is 14.6. The Bertz CT molecular complexity index is 2400. The van der Waals surface area contributed by atoms with Gasteiger partial charge in [-0.05, 0) is 88.3 Å². The summed E-state index contributed by atoms with van der Waals surface area (Å²) >= 11 is 0. The number of alkyl halides is 2. The first-order chi connectivity index (χ1) is 29.6. The molecule has 3 aliphatic heterocycles. The lowest BCUT2D eigenvalue weighted by molar-refractivity contribution is -0.135. The molecular formula is C43H53F2N11O5. The van der Waals surface area contributed by atoms with Crippen LogP contribution >= 0.6 is 0 Å². The van der Waals surface area contributed by atoms with E-state index in [2.05, 4.69) is 31.5 Å². The highest BCUT2D eigenvalue weighted by Gasteiger charge is 2.37. The predicted octanol–water partition coefficient (Wildman–Crippen LogP) is 5.02. The predicted molar refractivity (Wildman–Crippen MR) is 220 cm³/mol. The molecule has 0 spiro atoms. The molecule has 18 heteroatoms. The molecule has 16 nitrogen and oxygen atoms in total.